The van der Waals surface area contributed by atoms with Crippen molar-refractivity contribution in [1.29, 1.82) is 0 Å². The first-order valence-electron chi connectivity index (χ1n) is 7.00. The first-order chi connectivity index (χ1) is 10.4. The van der Waals surface area contributed by atoms with Crippen molar-refractivity contribution in [2.75, 3.05) is 4.90 Å². The maximum atomic E-state index is 4.48. The summed E-state index contributed by atoms with van der Waals surface area (Å²) in [5, 5.41) is 0. The number of anilines is 2. The van der Waals surface area contributed by atoms with Gasteiger partial charge >= 0.3 is 0 Å². The molecule has 0 radical (unpaired) electrons. The summed E-state index contributed by atoms with van der Waals surface area (Å²) >= 11 is 0. The van der Waals surface area contributed by atoms with Crippen molar-refractivity contribution < 1.29 is 0 Å². The van der Waals surface area contributed by atoms with Gasteiger partial charge in [-0.1, -0.05) is 48.5 Å². The number of nitrogens with zero attached hydrogens (tertiary/aromatic N) is 2. The van der Waals surface area contributed by atoms with Gasteiger partial charge in [0.2, 0.25) is 0 Å². The third-order valence-electron chi connectivity index (χ3n) is 3.71. The number of aromatic nitrogens is 1. The quantitative estimate of drug-likeness (QED) is 0.627. The van der Waals surface area contributed by atoms with Gasteiger partial charge in [0.25, 0.3) is 0 Å². The summed E-state index contributed by atoms with van der Waals surface area (Å²) in [6.07, 6.45) is 6.06. The summed E-state index contributed by atoms with van der Waals surface area (Å²) in [4.78, 5) is 6.61. The molecular formula is C19H14N2. The molecule has 0 N–H and O–H groups in total. The molecule has 0 saturated heterocycles. The standard InChI is InChI=1S/C19H14N2/c1-2-8-16-15(7-1)12-14-21(19-11-5-6-13-20-19)18-10-4-3-9-17(16)18/h1-14H. The number of para-hydroxylation sites is 1. The largest absolute Gasteiger partial charge is 0.301 e. The zero-order chi connectivity index (χ0) is 14.1. The molecule has 0 fully saturated rings. The second-order valence-electron chi connectivity index (χ2n) is 4.98. The normalized spacial score (nSPS) is 12.5. The lowest BCUT2D eigenvalue weighted by atomic mass is 9.99. The van der Waals surface area contributed by atoms with E-state index in [9.17, 15) is 0 Å². The van der Waals surface area contributed by atoms with Crippen molar-refractivity contribution in [3.05, 3.63) is 84.7 Å². The van der Waals surface area contributed by atoms with Crippen LogP contribution in [0.5, 0.6) is 0 Å². The monoisotopic (exact) mass is 270 g/mol. The summed E-state index contributed by atoms with van der Waals surface area (Å²) in [5.41, 5.74) is 4.85. The van der Waals surface area contributed by atoms with Crippen LogP contribution in [0, 0.1) is 0 Å². The van der Waals surface area contributed by atoms with E-state index >= 15 is 0 Å². The van der Waals surface area contributed by atoms with Crippen molar-refractivity contribution in [3.8, 4) is 11.1 Å². The molecular weight excluding hydrogens is 256 g/mol. The van der Waals surface area contributed by atoms with Crippen molar-refractivity contribution in [3.63, 3.8) is 0 Å². The second kappa shape index (κ2) is 4.91. The van der Waals surface area contributed by atoms with E-state index in [1.54, 1.807) is 0 Å². The van der Waals surface area contributed by atoms with Crippen LogP contribution in [-0.4, -0.2) is 4.98 Å². The minimum Gasteiger partial charge on any atom is -0.301 e. The highest BCUT2D eigenvalue weighted by Gasteiger charge is 2.17. The predicted octanol–water partition coefficient (Wildman–Crippen LogP) is 4.87. The van der Waals surface area contributed by atoms with Gasteiger partial charge in [-0.25, -0.2) is 4.98 Å². The lowest BCUT2D eigenvalue weighted by Crippen LogP contribution is -2.09. The van der Waals surface area contributed by atoms with E-state index in [-0.39, 0.29) is 0 Å². The predicted molar refractivity (Wildman–Crippen MR) is 87.3 cm³/mol. The molecule has 1 aliphatic rings. The topological polar surface area (TPSA) is 16.1 Å². The first kappa shape index (κ1) is 11.9. The molecule has 0 bridgehead atoms. The lowest BCUT2D eigenvalue weighted by molar-refractivity contribution is 1.18. The van der Waals surface area contributed by atoms with Crippen molar-refractivity contribution in [2.45, 2.75) is 0 Å². The summed E-state index contributed by atoms with van der Waals surface area (Å²) < 4.78 is 0. The Hall–Kier alpha value is -2.87. The maximum absolute atomic E-state index is 4.48. The lowest BCUT2D eigenvalue weighted by Gasteiger charge is -2.21. The van der Waals surface area contributed by atoms with E-state index in [1.165, 1.54) is 16.7 Å². The van der Waals surface area contributed by atoms with E-state index in [1.807, 2.05) is 24.4 Å². The van der Waals surface area contributed by atoms with E-state index in [2.05, 4.69) is 70.7 Å². The van der Waals surface area contributed by atoms with Crippen LogP contribution < -0.4 is 4.90 Å². The average molecular weight is 270 g/mol. The minimum atomic E-state index is 0.925. The number of benzene rings is 2. The number of hydrogen-bond acceptors (Lipinski definition) is 2. The highest BCUT2D eigenvalue weighted by Crippen LogP contribution is 2.39. The van der Waals surface area contributed by atoms with Crippen LogP contribution in [0.15, 0.2) is 79.1 Å². The molecule has 0 spiro atoms. The van der Waals surface area contributed by atoms with Gasteiger partial charge < -0.3 is 4.90 Å². The molecule has 0 aliphatic carbocycles. The highest BCUT2D eigenvalue weighted by atomic mass is 15.2. The molecule has 1 aromatic heterocycles. The Kier molecular flexibility index (Phi) is 2.79. The van der Waals surface area contributed by atoms with Crippen LogP contribution in [0.2, 0.25) is 0 Å². The molecule has 2 heteroatoms. The molecule has 0 atom stereocenters. The third-order valence-corrected chi connectivity index (χ3v) is 3.71. The summed E-state index contributed by atoms with van der Waals surface area (Å²) in [5.74, 6) is 0.925. The van der Waals surface area contributed by atoms with Gasteiger partial charge in [-0.05, 0) is 35.4 Å². The Morgan fingerprint density at radius 2 is 1.48 bits per heavy atom. The average Bonchev–Trinajstić information content (AvgIpc) is 2.73. The molecule has 100 valence electrons. The fourth-order valence-corrected chi connectivity index (χ4v) is 2.73. The number of hydrogen-bond donors (Lipinski definition) is 0. The molecule has 0 amide bonds. The van der Waals surface area contributed by atoms with Crippen molar-refractivity contribution >= 4 is 17.6 Å². The maximum Gasteiger partial charge on any atom is 0.137 e. The first-order valence-corrected chi connectivity index (χ1v) is 7.00. The van der Waals surface area contributed by atoms with Gasteiger partial charge in [0.15, 0.2) is 0 Å². The van der Waals surface area contributed by atoms with E-state index < -0.39 is 0 Å². The molecule has 21 heavy (non-hydrogen) atoms. The van der Waals surface area contributed by atoms with Crippen LogP contribution in [-0.2, 0) is 0 Å². The fourth-order valence-electron chi connectivity index (χ4n) is 2.73. The highest BCUT2D eigenvalue weighted by molar-refractivity contribution is 5.90. The smallest absolute Gasteiger partial charge is 0.137 e. The summed E-state index contributed by atoms with van der Waals surface area (Å²) in [6.45, 7) is 0. The third kappa shape index (κ3) is 2.01. The van der Waals surface area contributed by atoms with Gasteiger partial charge in [0.05, 0.1) is 5.69 Å². The minimum absolute atomic E-state index is 0.925. The van der Waals surface area contributed by atoms with Crippen LogP contribution in [0.1, 0.15) is 5.56 Å². The molecule has 3 aromatic rings. The van der Waals surface area contributed by atoms with Crippen LogP contribution >= 0.6 is 0 Å². The zero-order valence-electron chi connectivity index (χ0n) is 11.5. The van der Waals surface area contributed by atoms with E-state index in [0.717, 1.165) is 11.5 Å². The van der Waals surface area contributed by atoms with Crippen molar-refractivity contribution in [1.82, 2.24) is 4.98 Å². The number of fused-ring (bicyclic) bond motifs is 3. The van der Waals surface area contributed by atoms with Crippen LogP contribution in [0.4, 0.5) is 11.5 Å². The van der Waals surface area contributed by atoms with E-state index in [0.29, 0.717) is 0 Å². The molecule has 4 rings (SSSR count). The summed E-state index contributed by atoms with van der Waals surface area (Å²) in [6, 6.07) is 22.9. The molecule has 0 unspecified atom stereocenters. The van der Waals surface area contributed by atoms with Crippen molar-refractivity contribution in [2.24, 2.45) is 0 Å². The Morgan fingerprint density at radius 1 is 0.714 bits per heavy atom. The van der Waals surface area contributed by atoms with Crippen LogP contribution in [0.3, 0.4) is 0 Å². The van der Waals surface area contributed by atoms with Gasteiger partial charge in [-0.15, -0.1) is 0 Å². The Bertz CT molecular complexity index is 807. The molecule has 0 saturated carbocycles. The molecule has 2 nitrogen and oxygen atoms in total. The number of pyridine rings is 1. The van der Waals surface area contributed by atoms with E-state index in [4.69, 9.17) is 0 Å². The Morgan fingerprint density at radius 3 is 2.33 bits per heavy atom. The van der Waals surface area contributed by atoms with Gasteiger partial charge in [0, 0.05) is 18.0 Å². The van der Waals surface area contributed by atoms with Crippen LogP contribution in [0.25, 0.3) is 17.2 Å². The second-order valence-corrected chi connectivity index (χ2v) is 4.98. The zero-order valence-corrected chi connectivity index (χ0v) is 11.5. The van der Waals surface area contributed by atoms with Gasteiger partial charge in [0.1, 0.15) is 5.82 Å². The SMILES string of the molecule is C1=CN(c2ccccn2)c2ccccc2-c2ccccc21. The molecule has 1 aliphatic heterocycles. The Balaban J connectivity index is 1.98. The Labute approximate surface area is 124 Å². The summed E-state index contributed by atoms with van der Waals surface area (Å²) in [7, 11) is 0. The number of rotatable bonds is 1. The molecule has 2 aromatic carbocycles. The van der Waals surface area contributed by atoms with Gasteiger partial charge in [-0.2, -0.15) is 0 Å². The van der Waals surface area contributed by atoms with Gasteiger partial charge in [-0.3, -0.25) is 0 Å². The fraction of sp³-hybridized carbons (Fsp3) is 0. The molecule has 2 heterocycles.